The second kappa shape index (κ2) is 18.0. The van der Waals surface area contributed by atoms with Gasteiger partial charge >= 0.3 is 0 Å². The van der Waals surface area contributed by atoms with Gasteiger partial charge in [0.2, 0.25) is 0 Å². The molecule has 0 saturated carbocycles. The van der Waals surface area contributed by atoms with Crippen LogP contribution in [0.5, 0.6) is 0 Å². The van der Waals surface area contributed by atoms with Crippen LogP contribution in [-0.2, 0) is 9.47 Å². The average molecular weight is 368 g/mol. The number of rotatable bonds is 18. The van der Waals surface area contributed by atoms with Crippen molar-refractivity contribution in [2.24, 2.45) is 0 Å². The van der Waals surface area contributed by atoms with E-state index in [0.717, 1.165) is 19.7 Å². The van der Waals surface area contributed by atoms with Gasteiger partial charge in [-0.15, -0.1) is 0 Å². The molecular weight excluding hydrogens is 322 g/mol. The monoisotopic (exact) mass is 367 g/mol. The Morgan fingerprint density at radius 1 is 0.769 bits per heavy atom. The van der Waals surface area contributed by atoms with E-state index < -0.39 is 0 Å². The SMILES string of the molecule is CCCCCC=CCCCCCCCCCCCN(CC)C1COCO1. The van der Waals surface area contributed by atoms with Crippen LogP contribution in [0.3, 0.4) is 0 Å². The molecule has 1 aliphatic rings. The Hall–Kier alpha value is -0.380. The number of hydrogen-bond acceptors (Lipinski definition) is 3. The van der Waals surface area contributed by atoms with Crippen molar-refractivity contribution in [2.45, 2.75) is 110 Å². The average Bonchev–Trinajstić information content (AvgIpc) is 3.19. The zero-order valence-corrected chi connectivity index (χ0v) is 17.7. The van der Waals surface area contributed by atoms with Gasteiger partial charge < -0.3 is 9.47 Å². The van der Waals surface area contributed by atoms with Gasteiger partial charge in [-0.05, 0) is 38.6 Å². The Bertz CT molecular complexity index is 313. The molecule has 1 atom stereocenters. The first kappa shape index (κ1) is 23.7. The summed E-state index contributed by atoms with van der Waals surface area (Å²) in [5.41, 5.74) is 0. The predicted octanol–water partition coefficient (Wildman–Crippen LogP) is 6.68. The molecule has 3 nitrogen and oxygen atoms in total. The Balaban J connectivity index is 1.78. The molecule has 0 aromatic rings. The molecule has 1 unspecified atom stereocenters. The topological polar surface area (TPSA) is 21.7 Å². The van der Waals surface area contributed by atoms with E-state index in [-0.39, 0.29) is 6.23 Å². The number of ether oxygens (including phenoxy) is 2. The lowest BCUT2D eigenvalue weighted by Crippen LogP contribution is -2.37. The van der Waals surface area contributed by atoms with Gasteiger partial charge in [0.1, 0.15) is 13.0 Å². The molecule has 0 amide bonds. The Kier molecular flexibility index (Phi) is 16.4. The lowest BCUT2D eigenvalue weighted by atomic mass is 10.1. The van der Waals surface area contributed by atoms with Gasteiger partial charge in [-0.25, -0.2) is 0 Å². The first-order valence-electron chi connectivity index (χ1n) is 11.5. The summed E-state index contributed by atoms with van der Waals surface area (Å²) in [5, 5.41) is 0. The van der Waals surface area contributed by atoms with Gasteiger partial charge in [0, 0.05) is 6.54 Å². The summed E-state index contributed by atoms with van der Waals surface area (Å²) in [7, 11) is 0. The van der Waals surface area contributed by atoms with Gasteiger partial charge in [0.25, 0.3) is 0 Å². The minimum atomic E-state index is 0.200. The van der Waals surface area contributed by atoms with E-state index >= 15 is 0 Å². The van der Waals surface area contributed by atoms with Crippen LogP contribution in [0.25, 0.3) is 0 Å². The maximum Gasteiger partial charge on any atom is 0.149 e. The number of allylic oxidation sites excluding steroid dienone is 2. The Morgan fingerprint density at radius 3 is 1.88 bits per heavy atom. The summed E-state index contributed by atoms with van der Waals surface area (Å²) in [6.45, 7) is 7.90. The molecule has 1 rings (SSSR count). The van der Waals surface area contributed by atoms with Crippen molar-refractivity contribution >= 4 is 0 Å². The zero-order chi connectivity index (χ0) is 18.7. The van der Waals surface area contributed by atoms with Gasteiger partial charge in [0.05, 0.1) is 6.61 Å². The van der Waals surface area contributed by atoms with Crippen molar-refractivity contribution in [1.29, 1.82) is 0 Å². The van der Waals surface area contributed by atoms with Crippen molar-refractivity contribution in [3.63, 3.8) is 0 Å². The maximum absolute atomic E-state index is 5.58. The fraction of sp³-hybridized carbons (Fsp3) is 0.913. The second-order valence-electron chi connectivity index (χ2n) is 7.68. The summed E-state index contributed by atoms with van der Waals surface area (Å²) in [4.78, 5) is 2.41. The van der Waals surface area contributed by atoms with Crippen molar-refractivity contribution in [1.82, 2.24) is 4.90 Å². The third-order valence-corrected chi connectivity index (χ3v) is 5.37. The largest absolute Gasteiger partial charge is 0.351 e. The Morgan fingerprint density at radius 2 is 1.35 bits per heavy atom. The summed E-state index contributed by atoms with van der Waals surface area (Å²) in [6.07, 6.45) is 24.1. The van der Waals surface area contributed by atoms with Crippen LogP contribution in [0.2, 0.25) is 0 Å². The molecule has 0 aromatic heterocycles. The number of unbranched alkanes of at least 4 members (excludes halogenated alkanes) is 12. The lowest BCUT2D eigenvalue weighted by molar-refractivity contribution is -0.0234. The summed E-state index contributed by atoms with van der Waals surface area (Å²) in [5.74, 6) is 0. The van der Waals surface area contributed by atoms with Crippen LogP contribution in [0.4, 0.5) is 0 Å². The van der Waals surface area contributed by atoms with Crippen LogP contribution < -0.4 is 0 Å². The van der Waals surface area contributed by atoms with E-state index in [1.165, 1.54) is 89.9 Å². The molecule has 0 bridgehead atoms. The first-order chi connectivity index (χ1) is 12.9. The van der Waals surface area contributed by atoms with Crippen LogP contribution in [0.15, 0.2) is 12.2 Å². The van der Waals surface area contributed by atoms with Crippen LogP contribution in [0, 0.1) is 0 Å². The minimum absolute atomic E-state index is 0.200. The molecule has 1 heterocycles. The highest BCUT2D eigenvalue weighted by Crippen LogP contribution is 2.13. The smallest absolute Gasteiger partial charge is 0.149 e. The minimum Gasteiger partial charge on any atom is -0.351 e. The predicted molar refractivity (Wildman–Crippen MR) is 112 cm³/mol. The van der Waals surface area contributed by atoms with E-state index in [2.05, 4.69) is 30.9 Å². The van der Waals surface area contributed by atoms with E-state index in [9.17, 15) is 0 Å². The van der Waals surface area contributed by atoms with Crippen LogP contribution in [-0.4, -0.2) is 37.6 Å². The van der Waals surface area contributed by atoms with E-state index in [0.29, 0.717) is 6.79 Å². The fourth-order valence-electron chi connectivity index (χ4n) is 3.60. The van der Waals surface area contributed by atoms with Gasteiger partial charge in [-0.2, -0.15) is 0 Å². The zero-order valence-electron chi connectivity index (χ0n) is 17.7. The quantitative estimate of drug-likeness (QED) is 0.199. The van der Waals surface area contributed by atoms with E-state index in [1.807, 2.05) is 0 Å². The molecule has 1 aliphatic heterocycles. The molecule has 154 valence electrons. The fourth-order valence-corrected chi connectivity index (χ4v) is 3.60. The van der Waals surface area contributed by atoms with Crippen molar-refractivity contribution in [2.75, 3.05) is 26.5 Å². The van der Waals surface area contributed by atoms with Crippen molar-refractivity contribution in [3.8, 4) is 0 Å². The van der Waals surface area contributed by atoms with Crippen LogP contribution >= 0.6 is 0 Å². The van der Waals surface area contributed by atoms with Gasteiger partial charge in [-0.3, -0.25) is 4.90 Å². The molecule has 3 heteroatoms. The summed E-state index contributed by atoms with van der Waals surface area (Å²) < 4.78 is 10.9. The molecule has 0 N–H and O–H groups in total. The first-order valence-corrected chi connectivity index (χ1v) is 11.5. The normalized spacial score (nSPS) is 17.7. The number of nitrogens with zero attached hydrogens (tertiary/aromatic N) is 1. The molecule has 1 fully saturated rings. The second-order valence-corrected chi connectivity index (χ2v) is 7.68. The molecule has 26 heavy (non-hydrogen) atoms. The number of likely N-dealkylation sites (N-methyl/N-ethyl adjacent to an activating group) is 1. The molecule has 0 aromatic carbocycles. The lowest BCUT2D eigenvalue weighted by Gasteiger charge is -2.25. The van der Waals surface area contributed by atoms with Crippen molar-refractivity contribution < 1.29 is 9.47 Å². The number of hydrogen-bond donors (Lipinski definition) is 0. The van der Waals surface area contributed by atoms with Crippen LogP contribution in [0.1, 0.15) is 104 Å². The maximum atomic E-state index is 5.58. The third-order valence-electron chi connectivity index (χ3n) is 5.37. The molecule has 0 radical (unpaired) electrons. The van der Waals surface area contributed by atoms with Crippen molar-refractivity contribution in [3.05, 3.63) is 12.2 Å². The highest BCUT2D eigenvalue weighted by molar-refractivity contribution is 4.81. The molecule has 1 saturated heterocycles. The molecule has 0 aliphatic carbocycles. The Labute approximate surface area is 163 Å². The van der Waals surface area contributed by atoms with E-state index in [1.54, 1.807) is 0 Å². The van der Waals surface area contributed by atoms with Gasteiger partial charge in [-0.1, -0.05) is 83.8 Å². The van der Waals surface area contributed by atoms with E-state index in [4.69, 9.17) is 9.47 Å². The summed E-state index contributed by atoms with van der Waals surface area (Å²) in [6, 6.07) is 0. The highest BCUT2D eigenvalue weighted by atomic mass is 16.7. The van der Waals surface area contributed by atoms with Gasteiger partial charge in [0.15, 0.2) is 0 Å². The third kappa shape index (κ3) is 12.9. The highest BCUT2D eigenvalue weighted by Gasteiger charge is 2.21. The summed E-state index contributed by atoms with van der Waals surface area (Å²) >= 11 is 0. The molecular formula is C23H45NO2. The molecule has 0 spiro atoms. The standard InChI is InChI=1S/C23H45NO2/c1-3-5-6-7-8-9-10-11-12-13-14-15-16-17-18-19-20-24(4-2)23-21-25-22-26-23/h8-9,23H,3-7,10-22H2,1-2H3.